The van der Waals surface area contributed by atoms with Crippen LogP contribution >= 0.6 is 0 Å². The third-order valence-corrected chi connectivity index (χ3v) is 6.71. The summed E-state index contributed by atoms with van der Waals surface area (Å²) in [5.74, 6) is 0.866. The van der Waals surface area contributed by atoms with Gasteiger partial charge in [-0.25, -0.2) is 9.48 Å². The van der Waals surface area contributed by atoms with Crippen molar-refractivity contribution in [2.24, 2.45) is 13.0 Å². The van der Waals surface area contributed by atoms with Gasteiger partial charge in [-0.05, 0) is 50.7 Å². The van der Waals surface area contributed by atoms with E-state index in [4.69, 9.17) is 0 Å². The van der Waals surface area contributed by atoms with E-state index in [-0.39, 0.29) is 17.6 Å². The van der Waals surface area contributed by atoms with Gasteiger partial charge in [-0.2, -0.15) is 0 Å². The second-order valence-electron chi connectivity index (χ2n) is 8.76. The van der Waals surface area contributed by atoms with Crippen LogP contribution in [0.2, 0.25) is 0 Å². The van der Waals surface area contributed by atoms with Gasteiger partial charge >= 0.3 is 6.03 Å². The van der Waals surface area contributed by atoms with Crippen molar-refractivity contribution in [1.82, 2.24) is 19.6 Å². The normalized spacial score (nSPS) is 18.6. The highest BCUT2D eigenvalue weighted by Crippen LogP contribution is 2.26. The molecule has 0 atom stereocenters. The van der Waals surface area contributed by atoms with Crippen LogP contribution in [0.25, 0.3) is 5.69 Å². The average Bonchev–Trinajstić information content (AvgIpc) is 3.33. The summed E-state index contributed by atoms with van der Waals surface area (Å²) in [6, 6.07) is 9.32. The lowest BCUT2D eigenvalue weighted by Crippen LogP contribution is -2.47. The van der Waals surface area contributed by atoms with E-state index in [0.717, 1.165) is 43.2 Å². The van der Waals surface area contributed by atoms with Gasteiger partial charge in [-0.3, -0.25) is 9.48 Å². The Morgan fingerprint density at radius 1 is 1.07 bits per heavy atom. The fourth-order valence-corrected chi connectivity index (χ4v) is 4.87. The van der Waals surface area contributed by atoms with E-state index in [9.17, 15) is 9.59 Å². The lowest BCUT2D eigenvalue weighted by Gasteiger charge is -2.33. The zero-order chi connectivity index (χ0) is 21.1. The highest BCUT2D eigenvalue weighted by Gasteiger charge is 2.25. The van der Waals surface area contributed by atoms with Crippen LogP contribution < -0.4 is 16.2 Å². The largest absolute Gasteiger partial charge is 0.335 e. The van der Waals surface area contributed by atoms with Crippen molar-refractivity contribution in [3.05, 3.63) is 46.4 Å². The number of rotatable bonds is 5. The van der Waals surface area contributed by atoms with Gasteiger partial charge in [-0.15, -0.1) is 0 Å². The van der Waals surface area contributed by atoms with Crippen molar-refractivity contribution in [3.63, 3.8) is 0 Å². The number of anilines is 1. The Hall–Kier alpha value is -2.54. The van der Waals surface area contributed by atoms with E-state index in [1.54, 1.807) is 9.36 Å². The molecule has 2 fully saturated rings. The lowest BCUT2D eigenvalue weighted by atomic mass is 10.0. The standard InChI is InChI=1S/C23H33N5O2/c1-17-21(22(29)28(26(17)2)20-10-4-3-5-11-20)25-23(30)24-19-12-14-27(15-13-19)16-18-8-6-7-9-18/h3-5,10-11,18-19H,6-9,12-16H2,1-2H3,(H2,24,25,30). The molecule has 1 aromatic heterocycles. The highest BCUT2D eigenvalue weighted by atomic mass is 16.2. The molecule has 2 aliphatic rings. The Labute approximate surface area is 178 Å². The number of nitrogens with one attached hydrogen (secondary N) is 2. The van der Waals surface area contributed by atoms with Gasteiger partial charge in [0.1, 0.15) is 5.69 Å². The Kier molecular flexibility index (Phi) is 6.27. The fourth-order valence-electron chi connectivity index (χ4n) is 4.87. The molecule has 2 heterocycles. The van der Waals surface area contributed by atoms with Crippen molar-refractivity contribution in [2.45, 2.75) is 51.5 Å². The number of hydrogen-bond donors (Lipinski definition) is 2. The van der Waals surface area contributed by atoms with Crippen LogP contribution in [0.4, 0.5) is 10.5 Å². The molecule has 30 heavy (non-hydrogen) atoms. The number of aromatic nitrogens is 2. The minimum absolute atomic E-state index is 0.158. The minimum Gasteiger partial charge on any atom is -0.335 e. The maximum Gasteiger partial charge on any atom is 0.319 e. The lowest BCUT2D eigenvalue weighted by molar-refractivity contribution is 0.173. The van der Waals surface area contributed by atoms with Crippen LogP contribution in [0.3, 0.4) is 0 Å². The summed E-state index contributed by atoms with van der Waals surface area (Å²) in [6.07, 6.45) is 7.43. The molecule has 0 unspecified atom stereocenters. The maximum absolute atomic E-state index is 12.9. The van der Waals surface area contributed by atoms with E-state index < -0.39 is 0 Å². The molecule has 2 amide bonds. The highest BCUT2D eigenvalue weighted by molar-refractivity contribution is 5.90. The quantitative estimate of drug-likeness (QED) is 0.793. The van der Waals surface area contributed by atoms with Crippen molar-refractivity contribution >= 4 is 11.7 Å². The Morgan fingerprint density at radius 3 is 2.40 bits per heavy atom. The van der Waals surface area contributed by atoms with Crippen LogP contribution in [0.15, 0.2) is 35.1 Å². The third kappa shape index (κ3) is 4.46. The first kappa shape index (κ1) is 20.7. The molecule has 1 aliphatic heterocycles. The summed E-state index contributed by atoms with van der Waals surface area (Å²) in [4.78, 5) is 28.1. The minimum atomic E-state index is -0.296. The smallest absolute Gasteiger partial charge is 0.319 e. The van der Waals surface area contributed by atoms with E-state index in [1.807, 2.05) is 44.3 Å². The number of likely N-dealkylation sites (tertiary alicyclic amines) is 1. The number of amides is 2. The van der Waals surface area contributed by atoms with Gasteiger partial charge in [0.25, 0.3) is 5.56 Å². The summed E-state index contributed by atoms with van der Waals surface area (Å²) < 4.78 is 3.35. The van der Waals surface area contributed by atoms with Crippen molar-refractivity contribution in [2.75, 3.05) is 25.0 Å². The molecule has 7 nitrogen and oxygen atoms in total. The van der Waals surface area contributed by atoms with Crippen molar-refractivity contribution < 1.29 is 4.79 Å². The summed E-state index contributed by atoms with van der Waals surface area (Å²) in [5, 5.41) is 5.88. The van der Waals surface area contributed by atoms with Gasteiger partial charge in [-0.1, -0.05) is 31.0 Å². The number of urea groups is 1. The average molecular weight is 412 g/mol. The van der Waals surface area contributed by atoms with E-state index in [0.29, 0.717) is 5.69 Å². The molecule has 1 aromatic carbocycles. The van der Waals surface area contributed by atoms with Gasteiger partial charge < -0.3 is 15.5 Å². The Bertz CT molecular complexity index is 919. The molecule has 1 saturated carbocycles. The number of hydrogen-bond acceptors (Lipinski definition) is 3. The molecule has 1 aliphatic carbocycles. The van der Waals surface area contributed by atoms with Gasteiger partial charge in [0.05, 0.1) is 11.4 Å². The molecule has 2 aromatic rings. The summed E-state index contributed by atoms with van der Waals surface area (Å²) in [7, 11) is 1.83. The van der Waals surface area contributed by atoms with E-state index in [2.05, 4.69) is 15.5 Å². The molecular weight excluding hydrogens is 378 g/mol. The monoisotopic (exact) mass is 411 g/mol. The summed E-state index contributed by atoms with van der Waals surface area (Å²) in [5.41, 5.74) is 1.61. The molecule has 0 bridgehead atoms. The van der Waals surface area contributed by atoms with E-state index in [1.165, 1.54) is 32.2 Å². The topological polar surface area (TPSA) is 71.3 Å². The van der Waals surface area contributed by atoms with Crippen LogP contribution in [0.5, 0.6) is 0 Å². The second kappa shape index (κ2) is 9.08. The number of piperidine rings is 1. The number of para-hydroxylation sites is 1. The number of benzene rings is 1. The number of carbonyl (C=O) groups excluding carboxylic acids is 1. The summed E-state index contributed by atoms with van der Waals surface area (Å²) >= 11 is 0. The first-order valence-corrected chi connectivity index (χ1v) is 11.2. The van der Waals surface area contributed by atoms with Crippen LogP contribution in [-0.2, 0) is 7.05 Å². The molecule has 0 spiro atoms. The van der Waals surface area contributed by atoms with Crippen molar-refractivity contribution in [3.8, 4) is 5.69 Å². The predicted molar refractivity (Wildman–Crippen MR) is 119 cm³/mol. The van der Waals surface area contributed by atoms with Crippen molar-refractivity contribution in [1.29, 1.82) is 0 Å². The molecular formula is C23H33N5O2. The fraction of sp³-hybridized carbons (Fsp3) is 0.565. The number of carbonyl (C=O) groups is 1. The zero-order valence-electron chi connectivity index (χ0n) is 18.1. The molecule has 4 rings (SSSR count). The number of nitrogens with zero attached hydrogens (tertiary/aromatic N) is 3. The maximum atomic E-state index is 12.9. The Balaban J connectivity index is 1.34. The Morgan fingerprint density at radius 2 is 1.73 bits per heavy atom. The van der Waals surface area contributed by atoms with Gasteiger partial charge in [0.2, 0.25) is 0 Å². The van der Waals surface area contributed by atoms with Gasteiger partial charge in [0.15, 0.2) is 0 Å². The van der Waals surface area contributed by atoms with Crippen LogP contribution in [-0.4, -0.2) is 46.0 Å². The summed E-state index contributed by atoms with van der Waals surface area (Å²) in [6.45, 7) is 5.12. The van der Waals surface area contributed by atoms with Crippen LogP contribution in [0.1, 0.15) is 44.2 Å². The molecule has 2 N–H and O–H groups in total. The first-order chi connectivity index (χ1) is 14.5. The second-order valence-corrected chi connectivity index (χ2v) is 8.76. The third-order valence-electron chi connectivity index (χ3n) is 6.71. The molecule has 1 saturated heterocycles. The SMILES string of the molecule is Cc1c(NC(=O)NC2CCN(CC3CCCC3)CC2)c(=O)n(-c2ccccc2)n1C. The zero-order valence-corrected chi connectivity index (χ0v) is 18.1. The predicted octanol–water partition coefficient (Wildman–Crippen LogP) is 3.26. The first-order valence-electron chi connectivity index (χ1n) is 11.2. The molecule has 0 radical (unpaired) electrons. The molecule has 162 valence electrons. The molecule has 7 heteroatoms. The van der Waals surface area contributed by atoms with Gasteiger partial charge in [0, 0.05) is 32.7 Å². The van der Waals surface area contributed by atoms with E-state index >= 15 is 0 Å². The van der Waals surface area contributed by atoms with Crippen LogP contribution in [0, 0.1) is 12.8 Å².